The monoisotopic (exact) mass is 189 g/mol. The summed E-state index contributed by atoms with van der Waals surface area (Å²) >= 11 is 6.52. The van der Waals surface area contributed by atoms with Crippen LogP contribution in [0.2, 0.25) is 0 Å². The van der Waals surface area contributed by atoms with Gasteiger partial charge in [-0.05, 0) is 31.3 Å². The Morgan fingerprint density at radius 3 is 3.09 bits per heavy atom. The van der Waals surface area contributed by atoms with Crippen molar-refractivity contribution in [3.8, 4) is 0 Å². The molecule has 1 saturated heterocycles. The molecule has 62 valence electrons. The average molecular weight is 189 g/mol. The summed E-state index contributed by atoms with van der Waals surface area (Å²) in [5.41, 5.74) is 8.98. The lowest BCUT2D eigenvalue weighted by Crippen LogP contribution is -2.26. The highest BCUT2D eigenvalue weighted by atomic mass is 32.2. The van der Waals surface area contributed by atoms with Crippen molar-refractivity contribution < 1.29 is 0 Å². The highest BCUT2D eigenvalue weighted by molar-refractivity contribution is 8.01. The Morgan fingerprint density at radius 2 is 2.64 bits per heavy atom. The van der Waals surface area contributed by atoms with E-state index in [4.69, 9.17) is 5.73 Å². The summed E-state index contributed by atoms with van der Waals surface area (Å²) in [5, 5.41) is 4.83. The standard InChI is InChI=1S/C6H11N3S2/c1-4-5(2-3-11-4)8-9-6(7)10/h4H,2-3H2,1H3,(H3,7,9,10). The number of thiocarbonyl (C=S) groups is 1. The van der Waals surface area contributed by atoms with Crippen molar-refractivity contribution in [2.24, 2.45) is 10.8 Å². The Bertz CT molecular complexity index is 190. The van der Waals surface area contributed by atoms with Crippen LogP contribution >= 0.6 is 24.0 Å². The summed E-state index contributed by atoms with van der Waals surface area (Å²) in [7, 11) is 0. The lowest BCUT2D eigenvalue weighted by atomic mass is 10.2. The molecule has 11 heavy (non-hydrogen) atoms. The molecule has 1 heterocycles. The van der Waals surface area contributed by atoms with Gasteiger partial charge in [-0.1, -0.05) is 0 Å². The maximum Gasteiger partial charge on any atom is 0.184 e. The molecule has 0 saturated carbocycles. The van der Waals surface area contributed by atoms with E-state index in [2.05, 4.69) is 29.7 Å². The minimum atomic E-state index is 0.238. The van der Waals surface area contributed by atoms with Gasteiger partial charge in [0.25, 0.3) is 0 Å². The van der Waals surface area contributed by atoms with Crippen LogP contribution in [0.1, 0.15) is 13.3 Å². The molecule has 1 atom stereocenters. The number of thioether (sulfide) groups is 1. The molecule has 5 heteroatoms. The third-order valence-electron chi connectivity index (χ3n) is 1.51. The molecule has 3 N–H and O–H groups in total. The van der Waals surface area contributed by atoms with E-state index >= 15 is 0 Å². The SMILES string of the molecule is CC1SCCC1=NNC(N)=S. The number of rotatable bonds is 1. The lowest BCUT2D eigenvalue weighted by molar-refractivity contribution is 1.00. The largest absolute Gasteiger partial charge is 0.375 e. The van der Waals surface area contributed by atoms with Gasteiger partial charge >= 0.3 is 0 Å². The fraction of sp³-hybridized carbons (Fsp3) is 0.667. The number of nitrogens with two attached hydrogens (primary N) is 1. The Hall–Kier alpha value is -0.290. The highest BCUT2D eigenvalue weighted by Gasteiger charge is 2.18. The quantitative estimate of drug-likeness (QED) is 0.471. The predicted octanol–water partition coefficient (Wildman–Crippen LogP) is 0.701. The first-order valence-electron chi connectivity index (χ1n) is 3.43. The first-order valence-corrected chi connectivity index (χ1v) is 4.89. The van der Waals surface area contributed by atoms with Crippen molar-refractivity contribution in [2.75, 3.05) is 5.75 Å². The summed E-state index contributed by atoms with van der Waals surface area (Å²) in [6.07, 6.45) is 1.04. The van der Waals surface area contributed by atoms with E-state index in [1.165, 1.54) is 0 Å². The van der Waals surface area contributed by atoms with E-state index in [-0.39, 0.29) is 5.11 Å². The van der Waals surface area contributed by atoms with Crippen LogP contribution in [0.25, 0.3) is 0 Å². The second kappa shape index (κ2) is 3.92. The zero-order chi connectivity index (χ0) is 8.27. The average Bonchev–Trinajstić information content (AvgIpc) is 2.31. The van der Waals surface area contributed by atoms with E-state index in [1.54, 1.807) is 0 Å². The molecule has 3 nitrogen and oxygen atoms in total. The summed E-state index contributed by atoms with van der Waals surface area (Å²) in [4.78, 5) is 0. The van der Waals surface area contributed by atoms with Crippen LogP contribution in [0.3, 0.4) is 0 Å². The zero-order valence-electron chi connectivity index (χ0n) is 6.33. The molecule has 1 aliphatic rings. The van der Waals surface area contributed by atoms with Crippen molar-refractivity contribution in [3.05, 3.63) is 0 Å². The van der Waals surface area contributed by atoms with Crippen LogP contribution in [-0.4, -0.2) is 21.8 Å². The summed E-state index contributed by atoms with van der Waals surface area (Å²) < 4.78 is 0. The minimum absolute atomic E-state index is 0.238. The van der Waals surface area contributed by atoms with Gasteiger partial charge in [0, 0.05) is 5.25 Å². The van der Waals surface area contributed by atoms with E-state index in [1.807, 2.05) is 11.8 Å². The molecular weight excluding hydrogens is 178 g/mol. The lowest BCUT2D eigenvalue weighted by Gasteiger charge is -2.02. The number of hydrazone groups is 1. The van der Waals surface area contributed by atoms with Crippen LogP contribution in [0, 0.1) is 0 Å². The molecular formula is C6H11N3S2. The Kier molecular flexibility index (Phi) is 3.14. The molecule has 1 fully saturated rings. The third kappa shape index (κ3) is 2.67. The molecule has 0 aliphatic carbocycles. The molecule has 1 rings (SSSR count). The molecule has 0 bridgehead atoms. The van der Waals surface area contributed by atoms with E-state index in [0.29, 0.717) is 5.25 Å². The molecule has 1 unspecified atom stereocenters. The number of hydrogen-bond donors (Lipinski definition) is 2. The maximum atomic E-state index is 5.22. The van der Waals surface area contributed by atoms with Gasteiger partial charge in [0.1, 0.15) is 0 Å². The minimum Gasteiger partial charge on any atom is -0.375 e. The predicted molar refractivity (Wildman–Crippen MR) is 53.9 cm³/mol. The van der Waals surface area contributed by atoms with Gasteiger partial charge in [-0.25, -0.2) is 0 Å². The topological polar surface area (TPSA) is 50.4 Å². The molecule has 0 aromatic carbocycles. The molecule has 0 spiro atoms. The zero-order valence-corrected chi connectivity index (χ0v) is 7.97. The van der Waals surface area contributed by atoms with Gasteiger partial charge < -0.3 is 5.73 Å². The third-order valence-corrected chi connectivity index (χ3v) is 2.81. The van der Waals surface area contributed by atoms with E-state index in [0.717, 1.165) is 17.9 Å². The smallest absolute Gasteiger partial charge is 0.184 e. The first kappa shape index (κ1) is 8.80. The van der Waals surface area contributed by atoms with Crippen LogP contribution in [0.5, 0.6) is 0 Å². The van der Waals surface area contributed by atoms with Gasteiger partial charge in [-0.3, -0.25) is 5.43 Å². The van der Waals surface area contributed by atoms with E-state index in [9.17, 15) is 0 Å². The fourth-order valence-corrected chi connectivity index (χ4v) is 2.00. The number of nitrogens with one attached hydrogen (secondary N) is 1. The molecule has 0 aromatic rings. The maximum absolute atomic E-state index is 5.22. The van der Waals surface area contributed by atoms with Gasteiger partial charge in [0.05, 0.1) is 5.71 Å². The Labute approximate surface area is 75.8 Å². The van der Waals surface area contributed by atoms with Gasteiger partial charge in [0.2, 0.25) is 0 Å². The van der Waals surface area contributed by atoms with Crippen molar-refractivity contribution >= 4 is 34.8 Å². The van der Waals surface area contributed by atoms with E-state index < -0.39 is 0 Å². The van der Waals surface area contributed by atoms with Crippen molar-refractivity contribution in [1.82, 2.24) is 5.43 Å². The highest BCUT2D eigenvalue weighted by Crippen LogP contribution is 2.22. The van der Waals surface area contributed by atoms with Gasteiger partial charge in [-0.2, -0.15) is 16.9 Å². The van der Waals surface area contributed by atoms with Crippen LogP contribution in [-0.2, 0) is 0 Å². The van der Waals surface area contributed by atoms with Crippen molar-refractivity contribution in [3.63, 3.8) is 0 Å². The summed E-state index contributed by atoms with van der Waals surface area (Å²) in [5.74, 6) is 1.15. The van der Waals surface area contributed by atoms with Gasteiger partial charge in [-0.15, -0.1) is 0 Å². The summed E-state index contributed by atoms with van der Waals surface area (Å²) in [6.45, 7) is 2.14. The molecule has 0 aromatic heterocycles. The Morgan fingerprint density at radius 1 is 1.91 bits per heavy atom. The van der Waals surface area contributed by atoms with Crippen LogP contribution in [0.4, 0.5) is 0 Å². The molecule has 1 aliphatic heterocycles. The number of hydrogen-bond acceptors (Lipinski definition) is 3. The van der Waals surface area contributed by atoms with Crippen molar-refractivity contribution in [1.29, 1.82) is 0 Å². The second-order valence-electron chi connectivity index (χ2n) is 2.34. The van der Waals surface area contributed by atoms with Gasteiger partial charge in [0.15, 0.2) is 5.11 Å². The Balaban J connectivity index is 2.45. The normalized spacial score (nSPS) is 27.4. The van der Waals surface area contributed by atoms with Crippen LogP contribution < -0.4 is 11.2 Å². The van der Waals surface area contributed by atoms with Crippen LogP contribution in [0.15, 0.2) is 5.10 Å². The second-order valence-corrected chi connectivity index (χ2v) is 4.23. The number of nitrogens with zero attached hydrogens (tertiary/aromatic N) is 1. The summed E-state index contributed by atoms with van der Waals surface area (Å²) in [6, 6.07) is 0. The first-order chi connectivity index (χ1) is 5.20. The fourth-order valence-electron chi connectivity index (χ4n) is 0.913. The van der Waals surface area contributed by atoms with Crippen molar-refractivity contribution in [2.45, 2.75) is 18.6 Å². The molecule has 0 amide bonds. The molecule has 0 radical (unpaired) electrons.